The van der Waals surface area contributed by atoms with Gasteiger partial charge in [-0.2, -0.15) is 0 Å². The summed E-state index contributed by atoms with van der Waals surface area (Å²) in [5.74, 6) is 1.000. The monoisotopic (exact) mass is 276 g/mol. The SMILES string of the molecule is CC1CCC2(CC1)CN(C1CCC3(CC1)CN(C)C3)C2. The molecule has 4 aliphatic rings. The number of likely N-dealkylation sites (tertiary alicyclic amines) is 2. The Labute approximate surface area is 124 Å². The molecule has 2 nitrogen and oxygen atoms in total. The van der Waals surface area contributed by atoms with Crippen LogP contribution in [0.2, 0.25) is 0 Å². The van der Waals surface area contributed by atoms with Gasteiger partial charge >= 0.3 is 0 Å². The molecule has 2 spiro atoms. The van der Waals surface area contributed by atoms with E-state index in [0.29, 0.717) is 0 Å². The fourth-order valence-electron chi connectivity index (χ4n) is 5.76. The number of rotatable bonds is 1. The highest BCUT2D eigenvalue weighted by Crippen LogP contribution is 2.50. The molecule has 0 bridgehead atoms. The lowest BCUT2D eigenvalue weighted by atomic mass is 9.63. The minimum atomic E-state index is 0.744. The number of hydrogen-bond acceptors (Lipinski definition) is 2. The zero-order valence-electron chi connectivity index (χ0n) is 13.5. The van der Waals surface area contributed by atoms with Gasteiger partial charge in [0.05, 0.1) is 0 Å². The van der Waals surface area contributed by atoms with Crippen molar-refractivity contribution < 1.29 is 0 Å². The lowest BCUT2D eigenvalue weighted by Crippen LogP contribution is -2.63. The molecular weight excluding hydrogens is 244 g/mol. The van der Waals surface area contributed by atoms with Crippen LogP contribution in [0.25, 0.3) is 0 Å². The third-order valence-electron chi connectivity index (χ3n) is 7.15. The van der Waals surface area contributed by atoms with E-state index in [2.05, 4.69) is 23.8 Å². The smallest absolute Gasteiger partial charge is 0.00961 e. The van der Waals surface area contributed by atoms with Gasteiger partial charge in [-0.25, -0.2) is 0 Å². The zero-order chi connectivity index (χ0) is 13.8. The maximum atomic E-state index is 2.85. The van der Waals surface area contributed by atoms with Crippen molar-refractivity contribution in [2.24, 2.45) is 16.7 Å². The quantitative estimate of drug-likeness (QED) is 0.724. The van der Waals surface area contributed by atoms with E-state index in [9.17, 15) is 0 Å². The molecule has 2 heteroatoms. The molecule has 2 saturated carbocycles. The normalized spacial score (nSPS) is 37.8. The van der Waals surface area contributed by atoms with Gasteiger partial charge in [-0.3, -0.25) is 4.90 Å². The Kier molecular flexibility index (Phi) is 3.20. The van der Waals surface area contributed by atoms with Gasteiger partial charge in [0.2, 0.25) is 0 Å². The highest BCUT2D eigenvalue weighted by Gasteiger charge is 2.49. The molecule has 0 unspecified atom stereocenters. The summed E-state index contributed by atoms with van der Waals surface area (Å²) < 4.78 is 0. The lowest BCUT2D eigenvalue weighted by Gasteiger charge is -2.59. The van der Waals surface area contributed by atoms with Crippen molar-refractivity contribution in [1.29, 1.82) is 0 Å². The molecular formula is C18H32N2. The second-order valence-electron chi connectivity index (χ2n) is 8.99. The van der Waals surface area contributed by atoms with Crippen LogP contribution in [0.1, 0.15) is 58.3 Å². The standard InChI is InChI=1S/C18H32N2/c1-15-3-7-18(8-4-15)13-20(14-18)16-5-9-17(10-6-16)11-19(2)12-17/h15-16H,3-14H2,1-2H3. The molecule has 0 atom stereocenters. The van der Waals surface area contributed by atoms with E-state index in [1.54, 1.807) is 0 Å². The van der Waals surface area contributed by atoms with Gasteiger partial charge in [-0.15, -0.1) is 0 Å². The first-order chi connectivity index (χ1) is 9.58. The maximum Gasteiger partial charge on any atom is 0.00961 e. The number of nitrogens with zero attached hydrogens (tertiary/aromatic N) is 2. The zero-order valence-corrected chi connectivity index (χ0v) is 13.5. The summed E-state index contributed by atoms with van der Waals surface area (Å²) in [5, 5.41) is 0. The van der Waals surface area contributed by atoms with Crippen molar-refractivity contribution in [3.05, 3.63) is 0 Å². The fraction of sp³-hybridized carbons (Fsp3) is 1.00. The van der Waals surface area contributed by atoms with Crippen molar-refractivity contribution in [2.75, 3.05) is 33.2 Å². The summed E-state index contributed by atoms with van der Waals surface area (Å²) in [6.45, 7) is 8.08. The molecule has 20 heavy (non-hydrogen) atoms. The minimum Gasteiger partial charge on any atom is -0.305 e. The molecule has 0 aromatic heterocycles. The minimum absolute atomic E-state index is 0.744. The van der Waals surface area contributed by atoms with Gasteiger partial charge in [-0.1, -0.05) is 19.8 Å². The highest BCUT2D eigenvalue weighted by atomic mass is 15.2. The number of hydrogen-bond donors (Lipinski definition) is 0. The van der Waals surface area contributed by atoms with Crippen LogP contribution in [0.15, 0.2) is 0 Å². The molecule has 0 radical (unpaired) electrons. The van der Waals surface area contributed by atoms with Crippen molar-refractivity contribution in [2.45, 2.75) is 64.3 Å². The predicted octanol–water partition coefficient (Wildman–Crippen LogP) is 3.37. The molecule has 0 aromatic carbocycles. The first-order valence-electron chi connectivity index (χ1n) is 9.01. The van der Waals surface area contributed by atoms with E-state index in [1.807, 2.05) is 0 Å². The van der Waals surface area contributed by atoms with Crippen molar-refractivity contribution >= 4 is 0 Å². The van der Waals surface area contributed by atoms with E-state index in [1.165, 1.54) is 77.5 Å². The van der Waals surface area contributed by atoms with Crippen LogP contribution in [0.4, 0.5) is 0 Å². The Balaban J connectivity index is 1.26. The fourth-order valence-corrected chi connectivity index (χ4v) is 5.76. The molecule has 114 valence electrons. The van der Waals surface area contributed by atoms with Gasteiger partial charge in [-0.05, 0) is 62.3 Å². The van der Waals surface area contributed by atoms with E-state index in [-0.39, 0.29) is 0 Å². The summed E-state index contributed by atoms with van der Waals surface area (Å²) in [5.41, 5.74) is 1.51. The Morgan fingerprint density at radius 1 is 0.750 bits per heavy atom. The maximum absolute atomic E-state index is 2.85. The van der Waals surface area contributed by atoms with Crippen LogP contribution in [0.5, 0.6) is 0 Å². The Bertz CT molecular complexity index is 346. The van der Waals surface area contributed by atoms with Crippen molar-refractivity contribution in [1.82, 2.24) is 9.80 Å². The second-order valence-corrected chi connectivity index (χ2v) is 8.99. The van der Waals surface area contributed by atoms with Gasteiger partial charge in [0.15, 0.2) is 0 Å². The van der Waals surface area contributed by atoms with Crippen LogP contribution >= 0.6 is 0 Å². The van der Waals surface area contributed by atoms with E-state index >= 15 is 0 Å². The van der Waals surface area contributed by atoms with Crippen LogP contribution < -0.4 is 0 Å². The summed E-state index contributed by atoms with van der Waals surface area (Å²) in [4.78, 5) is 5.35. The Morgan fingerprint density at radius 2 is 1.25 bits per heavy atom. The average molecular weight is 276 g/mol. The van der Waals surface area contributed by atoms with E-state index < -0.39 is 0 Å². The van der Waals surface area contributed by atoms with Crippen LogP contribution in [0, 0.1) is 16.7 Å². The van der Waals surface area contributed by atoms with Crippen molar-refractivity contribution in [3.63, 3.8) is 0 Å². The molecule has 0 amide bonds. The molecule has 4 rings (SSSR count). The molecule has 2 saturated heterocycles. The van der Waals surface area contributed by atoms with Gasteiger partial charge in [0, 0.05) is 32.2 Å². The summed E-state index contributed by atoms with van der Waals surface area (Å²) >= 11 is 0. The topological polar surface area (TPSA) is 6.48 Å². The van der Waals surface area contributed by atoms with Crippen LogP contribution in [-0.2, 0) is 0 Å². The molecule has 4 fully saturated rings. The van der Waals surface area contributed by atoms with Crippen molar-refractivity contribution in [3.8, 4) is 0 Å². The molecule has 0 N–H and O–H groups in total. The van der Waals surface area contributed by atoms with E-state index in [0.717, 1.165) is 22.8 Å². The first-order valence-corrected chi connectivity index (χ1v) is 9.01. The predicted molar refractivity (Wildman–Crippen MR) is 83.8 cm³/mol. The van der Waals surface area contributed by atoms with Crippen LogP contribution in [-0.4, -0.2) is 49.1 Å². The highest BCUT2D eigenvalue weighted by molar-refractivity contribution is 5.03. The van der Waals surface area contributed by atoms with Gasteiger partial charge in [0.1, 0.15) is 0 Å². The summed E-state index contributed by atoms with van der Waals surface area (Å²) in [6, 6.07) is 0.941. The van der Waals surface area contributed by atoms with Gasteiger partial charge < -0.3 is 4.90 Å². The average Bonchev–Trinajstić information content (AvgIpc) is 2.37. The second kappa shape index (κ2) is 4.71. The third-order valence-corrected chi connectivity index (χ3v) is 7.15. The Hall–Kier alpha value is -0.0800. The molecule has 2 heterocycles. The molecule has 0 aromatic rings. The first kappa shape index (κ1) is 13.6. The van der Waals surface area contributed by atoms with E-state index in [4.69, 9.17) is 0 Å². The summed E-state index contributed by atoms with van der Waals surface area (Å²) in [7, 11) is 2.28. The van der Waals surface area contributed by atoms with Gasteiger partial charge in [0.25, 0.3) is 0 Å². The molecule has 2 aliphatic heterocycles. The third kappa shape index (κ3) is 2.23. The summed E-state index contributed by atoms with van der Waals surface area (Å²) in [6.07, 6.45) is 12.0. The Morgan fingerprint density at radius 3 is 1.80 bits per heavy atom. The van der Waals surface area contributed by atoms with Crippen LogP contribution in [0.3, 0.4) is 0 Å². The largest absolute Gasteiger partial charge is 0.305 e. The molecule has 2 aliphatic carbocycles. The lowest BCUT2D eigenvalue weighted by molar-refractivity contribution is -0.0927.